The molecule has 0 atom stereocenters. The third-order valence-corrected chi connectivity index (χ3v) is 7.92. The summed E-state index contributed by atoms with van der Waals surface area (Å²) in [6.07, 6.45) is 5.43. The van der Waals surface area contributed by atoms with Crippen LogP contribution in [0.25, 0.3) is 0 Å². The topological polar surface area (TPSA) is 85.2 Å². The Balaban J connectivity index is 1.52. The van der Waals surface area contributed by atoms with E-state index in [-0.39, 0.29) is 11.1 Å². The van der Waals surface area contributed by atoms with Crippen LogP contribution in [-0.4, -0.2) is 58.6 Å². The number of likely N-dealkylation sites (tertiary alicyclic amines) is 1. The first-order valence-corrected chi connectivity index (χ1v) is 11.7. The second-order valence-electron chi connectivity index (χ2n) is 6.70. The normalized spacial score (nSPS) is 15.9. The maximum atomic E-state index is 12.7. The lowest BCUT2D eigenvalue weighted by Gasteiger charge is -2.31. The van der Waals surface area contributed by atoms with Crippen molar-refractivity contribution in [3.8, 4) is 0 Å². The Labute approximate surface area is 164 Å². The quantitative estimate of drug-likeness (QED) is 0.679. The van der Waals surface area contributed by atoms with Gasteiger partial charge in [-0.25, -0.2) is 8.42 Å². The van der Waals surface area contributed by atoms with Gasteiger partial charge in [-0.05, 0) is 43.2 Å². The summed E-state index contributed by atoms with van der Waals surface area (Å²) in [5.74, 6) is 0.0819. The molecule has 0 unspecified atom stereocenters. The highest BCUT2D eigenvalue weighted by Crippen LogP contribution is 2.23. The molecule has 0 aliphatic carbocycles. The van der Waals surface area contributed by atoms with Gasteiger partial charge in [0.25, 0.3) is 0 Å². The van der Waals surface area contributed by atoms with E-state index in [1.807, 2.05) is 6.26 Å². The Bertz CT molecular complexity index is 886. The highest BCUT2D eigenvalue weighted by atomic mass is 32.2. The minimum absolute atomic E-state index is 0.000894. The fourth-order valence-corrected chi connectivity index (χ4v) is 5.44. The van der Waals surface area contributed by atoms with Crippen LogP contribution in [0.5, 0.6) is 0 Å². The number of aromatic nitrogens is 3. The number of thioether (sulfide) groups is 1. The molecule has 1 aromatic carbocycles. The minimum Gasteiger partial charge on any atom is -0.343 e. The van der Waals surface area contributed by atoms with Gasteiger partial charge in [-0.3, -0.25) is 4.79 Å². The van der Waals surface area contributed by atoms with E-state index < -0.39 is 15.1 Å². The molecule has 9 heteroatoms. The highest BCUT2D eigenvalue weighted by Gasteiger charge is 2.35. The van der Waals surface area contributed by atoms with Gasteiger partial charge in [-0.1, -0.05) is 12.1 Å². The average Bonchev–Trinajstić information content (AvgIpc) is 3.13. The van der Waals surface area contributed by atoms with Crippen molar-refractivity contribution >= 4 is 27.5 Å². The molecule has 146 valence electrons. The van der Waals surface area contributed by atoms with Crippen molar-refractivity contribution in [2.45, 2.75) is 41.0 Å². The van der Waals surface area contributed by atoms with Crippen LogP contribution in [0.2, 0.25) is 0 Å². The van der Waals surface area contributed by atoms with Crippen molar-refractivity contribution in [1.82, 2.24) is 19.7 Å². The summed E-state index contributed by atoms with van der Waals surface area (Å²) in [6.45, 7) is 0.929. The van der Waals surface area contributed by atoms with Crippen LogP contribution in [0, 0.1) is 0 Å². The maximum absolute atomic E-state index is 12.7. The monoisotopic (exact) mass is 408 g/mol. The summed E-state index contributed by atoms with van der Waals surface area (Å²) in [6, 6.07) is 8.23. The number of hydrogen-bond acceptors (Lipinski definition) is 6. The first kappa shape index (κ1) is 19.9. The smallest absolute Gasteiger partial charge is 0.249 e. The molecule has 1 saturated heterocycles. The zero-order chi connectivity index (χ0) is 19.4. The van der Waals surface area contributed by atoms with Crippen LogP contribution >= 0.6 is 11.8 Å². The standard InChI is InChI=1S/C18H24N4O3S2/c1-21-13-19-20-18(21)27(24,25)16-9-11-22(12-10-16)17(23)8-5-14-3-6-15(26-2)7-4-14/h3-4,6-7,13,16H,5,8-12H2,1-2H3. The van der Waals surface area contributed by atoms with Crippen LogP contribution in [0.1, 0.15) is 24.8 Å². The Morgan fingerprint density at radius 2 is 1.89 bits per heavy atom. The molecule has 0 bridgehead atoms. The van der Waals surface area contributed by atoms with Gasteiger partial charge in [0.1, 0.15) is 6.33 Å². The summed E-state index contributed by atoms with van der Waals surface area (Å²) in [4.78, 5) is 15.5. The summed E-state index contributed by atoms with van der Waals surface area (Å²) in [5, 5.41) is 6.88. The molecular formula is C18H24N4O3S2. The van der Waals surface area contributed by atoms with Crippen LogP contribution in [0.3, 0.4) is 0 Å². The number of rotatable bonds is 6. The van der Waals surface area contributed by atoms with Crippen molar-refractivity contribution in [3.63, 3.8) is 0 Å². The molecule has 1 aliphatic heterocycles. The van der Waals surface area contributed by atoms with Gasteiger partial charge in [-0.15, -0.1) is 22.0 Å². The Hall–Kier alpha value is -1.87. The van der Waals surface area contributed by atoms with Crippen molar-refractivity contribution in [2.75, 3.05) is 19.3 Å². The SMILES string of the molecule is CSc1ccc(CCC(=O)N2CCC(S(=O)(=O)c3nncn3C)CC2)cc1. The average molecular weight is 409 g/mol. The molecule has 7 nitrogen and oxygen atoms in total. The van der Waals surface area contributed by atoms with Crippen LogP contribution < -0.4 is 0 Å². The number of nitrogens with zero attached hydrogens (tertiary/aromatic N) is 4. The minimum atomic E-state index is -3.51. The number of sulfone groups is 1. The molecule has 1 aliphatic rings. The summed E-state index contributed by atoms with van der Waals surface area (Å²) < 4.78 is 26.8. The Morgan fingerprint density at radius 1 is 1.22 bits per heavy atom. The molecule has 2 aromatic rings. The van der Waals surface area contributed by atoms with Gasteiger partial charge >= 0.3 is 0 Å². The third kappa shape index (κ3) is 4.52. The number of amides is 1. The lowest BCUT2D eigenvalue weighted by molar-refractivity contribution is -0.132. The molecule has 1 amide bonds. The number of benzene rings is 1. The van der Waals surface area contributed by atoms with E-state index in [4.69, 9.17) is 0 Å². The Kier molecular flexibility index (Phi) is 6.21. The zero-order valence-corrected chi connectivity index (χ0v) is 17.2. The second-order valence-corrected chi connectivity index (χ2v) is 9.70. The number of aryl methyl sites for hydroxylation is 2. The summed E-state index contributed by atoms with van der Waals surface area (Å²) in [5.41, 5.74) is 1.14. The number of carbonyl (C=O) groups is 1. The molecule has 1 fully saturated rings. The molecule has 0 spiro atoms. The van der Waals surface area contributed by atoms with E-state index in [1.165, 1.54) is 15.8 Å². The lowest BCUT2D eigenvalue weighted by atomic mass is 10.1. The van der Waals surface area contributed by atoms with Crippen LogP contribution in [0.15, 0.2) is 40.6 Å². The van der Waals surface area contributed by atoms with E-state index >= 15 is 0 Å². The molecule has 3 rings (SSSR count). The van der Waals surface area contributed by atoms with Crippen molar-refractivity contribution < 1.29 is 13.2 Å². The fraction of sp³-hybridized carbons (Fsp3) is 0.500. The van der Waals surface area contributed by atoms with Crippen molar-refractivity contribution in [1.29, 1.82) is 0 Å². The van der Waals surface area contributed by atoms with Crippen molar-refractivity contribution in [3.05, 3.63) is 36.2 Å². The first-order chi connectivity index (χ1) is 12.9. The van der Waals surface area contributed by atoms with Gasteiger partial charge < -0.3 is 9.47 Å². The predicted octanol–water partition coefficient (Wildman–Crippen LogP) is 1.93. The van der Waals surface area contributed by atoms with Gasteiger partial charge in [0.15, 0.2) is 0 Å². The third-order valence-electron chi connectivity index (χ3n) is 4.94. The molecule has 0 radical (unpaired) electrons. The fourth-order valence-electron chi connectivity index (χ4n) is 3.30. The highest BCUT2D eigenvalue weighted by molar-refractivity contribution is 7.98. The van der Waals surface area contributed by atoms with Crippen LogP contribution in [-0.2, 0) is 28.1 Å². The molecule has 27 heavy (non-hydrogen) atoms. The van der Waals surface area contributed by atoms with Gasteiger partial charge in [-0.2, -0.15) is 0 Å². The number of carbonyl (C=O) groups excluding carboxylic acids is 1. The van der Waals surface area contributed by atoms with E-state index in [9.17, 15) is 13.2 Å². The molecule has 0 saturated carbocycles. The van der Waals surface area contributed by atoms with Gasteiger partial charge in [0.05, 0.1) is 5.25 Å². The van der Waals surface area contributed by atoms with E-state index in [0.29, 0.717) is 38.8 Å². The largest absolute Gasteiger partial charge is 0.343 e. The molecule has 1 aromatic heterocycles. The van der Waals surface area contributed by atoms with E-state index in [0.717, 1.165) is 5.56 Å². The molecular weight excluding hydrogens is 384 g/mol. The number of piperidine rings is 1. The lowest BCUT2D eigenvalue weighted by Crippen LogP contribution is -2.43. The van der Waals surface area contributed by atoms with Crippen LogP contribution in [0.4, 0.5) is 0 Å². The van der Waals surface area contributed by atoms with Gasteiger partial charge in [0, 0.05) is 31.5 Å². The Morgan fingerprint density at radius 3 is 2.44 bits per heavy atom. The second kappa shape index (κ2) is 8.43. The van der Waals surface area contributed by atoms with Crippen molar-refractivity contribution in [2.24, 2.45) is 7.05 Å². The maximum Gasteiger partial charge on any atom is 0.249 e. The van der Waals surface area contributed by atoms with Gasteiger partial charge in [0.2, 0.25) is 20.9 Å². The molecule has 2 heterocycles. The van der Waals surface area contributed by atoms with E-state index in [1.54, 1.807) is 23.7 Å². The first-order valence-electron chi connectivity index (χ1n) is 8.90. The zero-order valence-electron chi connectivity index (χ0n) is 15.5. The summed E-state index contributed by atoms with van der Waals surface area (Å²) in [7, 11) is -1.89. The molecule has 0 N–H and O–H groups in total. The predicted molar refractivity (Wildman–Crippen MR) is 104 cm³/mol. The van der Waals surface area contributed by atoms with E-state index in [2.05, 4.69) is 34.5 Å². The number of hydrogen-bond donors (Lipinski definition) is 0. The summed E-state index contributed by atoms with van der Waals surface area (Å²) >= 11 is 1.69.